The number of piperidine rings is 1. The molecule has 268 valence electrons. The molecule has 3 atom stereocenters. The lowest BCUT2D eigenvalue weighted by Crippen LogP contribution is -2.50. The number of aromatic nitrogens is 7. The minimum Gasteiger partial charge on any atom is -0.598 e. The van der Waals surface area contributed by atoms with Crippen LogP contribution in [-0.2, 0) is 27.4 Å². The normalized spacial score (nSPS) is 21.4. The molecule has 4 aromatic rings. The van der Waals surface area contributed by atoms with Crippen LogP contribution in [0.15, 0.2) is 30.7 Å². The first kappa shape index (κ1) is 34.9. The summed E-state index contributed by atoms with van der Waals surface area (Å²) in [6, 6.07) is 3.73. The van der Waals surface area contributed by atoms with Gasteiger partial charge in [0.05, 0.1) is 16.9 Å². The van der Waals surface area contributed by atoms with Crippen LogP contribution < -0.4 is 14.9 Å². The Balaban J connectivity index is 1.18. The lowest BCUT2D eigenvalue weighted by atomic mass is 9.73. The van der Waals surface area contributed by atoms with Crippen molar-refractivity contribution in [1.29, 1.82) is 0 Å². The lowest BCUT2D eigenvalue weighted by Gasteiger charge is -2.43. The molecule has 3 aliphatic heterocycles. The van der Waals surface area contributed by atoms with E-state index in [1.54, 1.807) is 39.2 Å². The van der Waals surface area contributed by atoms with Crippen molar-refractivity contribution in [2.45, 2.75) is 103 Å². The van der Waals surface area contributed by atoms with Crippen LogP contribution >= 0.6 is 11.6 Å². The summed E-state index contributed by atoms with van der Waals surface area (Å²) in [5.74, 6) is 0.914. The van der Waals surface area contributed by atoms with Gasteiger partial charge in [-0.05, 0) is 85.8 Å². The van der Waals surface area contributed by atoms with Crippen LogP contribution in [0.5, 0.6) is 0 Å². The second kappa shape index (κ2) is 13.2. The first-order valence-corrected chi connectivity index (χ1v) is 18.7. The van der Waals surface area contributed by atoms with E-state index in [2.05, 4.69) is 29.7 Å². The number of amides is 1. The van der Waals surface area contributed by atoms with Crippen molar-refractivity contribution in [1.82, 2.24) is 39.2 Å². The molecule has 0 saturated carbocycles. The van der Waals surface area contributed by atoms with Gasteiger partial charge >= 0.3 is 6.09 Å². The van der Waals surface area contributed by atoms with Crippen LogP contribution in [0.25, 0.3) is 22.4 Å². The zero-order valence-electron chi connectivity index (χ0n) is 29.4. The SMILES string of the molecule is CC(C)(C)OC(=O)Nc1nccc(-c2nn(C3CCCCO3)c3nc(N4CCC5(CC4)Cn4nccc4[C@H]5N[S+]([O-])C(C)(C)C)cnc23)c1Cl. The quantitative estimate of drug-likeness (QED) is 0.219. The number of rotatable bonds is 6. The summed E-state index contributed by atoms with van der Waals surface area (Å²) >= 11 is 5.63. The summed E-state index contributed by atoms with van der Waals surface area (Å²) in [5, 5.41) is 12.4. The Labute approximate surface area is 300 Å². The first-order chi connectivity index (χ1) is 23.7. The standard InChI is InChI=1S/C34H45ClN10O4S/c1-32(2,3)49-31(46)40-29-25(35)21(10-14-36-29)26-27-30(45(41-26)24-9-7-8-18-48-24)39-23(19-37-27)43-16-12-34(13-17-43)20-44-22(11-15-38-44)28(34)42-50(47)33(4,5)6/h10-11,14-15,19,24,28,42H,7-9,12-13,16-18,20H2,1-6H3,(H,36,40,46)/t24?,28-,50?/m1/s1. The highest BCUT2D eigenvalue weighted by atomic mass is 35.5. The van der Waals surface area contributed by atoms with E-state index in [1.807, 2.05) is 37.7 Å². The van der Waals surface area contributed by atoms with Crippen molar-refractivity contribution in [3.05, 3.63) is 41.4 Å². The average molecular weight is 725 g/mol. The number of halogens is 1. The van der Waals surface area contributed by atoms with Crippen molar-refractivity contribution >= 4 is 51.9 Å². The summed E-state index contributed by atoms with van der Waals surface area (Å²) in [7, 11) is 0. The Bertz CT molecular complexity index is 1870. The van der Waals surface area contributed by atoms with Crippen molar-refractivity contribution in [2.24, 2.45) is 5.41 Å². The molecule has 0 aromatic carbocycles. The van der Waals surface area contributed by atoms with Crippen molar-refractivity contribution in [3.63, 3.8) is 0 Å². The zero-order chi connectivity index (χ0) is 35.4. The fourth-order valence-electron chi connectivity index (χ4n) is 6.99. The first-order valence-electron chi connectivity index (χ1n) is 17.2. The van der Waals surface area contributed by atoms with E-state index < -0.39 is 23.1 Å². The Kier molecular flexibility index (Phi) is 9.25. The second-order valence-electron chi connectivity index (χ2n) is 15.4. The molecule has 50 heavy (non-hydrogen) atoms. The summed E-state index contributed by atoms with van der Waals surface area (Å²) < 4.78 is 31.8. The van der Waals surface area contributed by atoms with Gasteiger partial charge in [-0.15, -0.1) is 4.72 Å². The molecule has 0 radical (unpaired) electrons. The van der Waals surface area contributed by atoms with E-state index in [4.69, 9.17) is 36.1 Å². The third-order valence-corrected chi connectivity index (χ3v) is 11.5. The van der Waals surface area contributed by atoms with Crippen LogP contribution in [0, 0.1) is 5.41 Å². The monoisotopic (exact) mass is 724 g/mol. The molecule has 0 aliphatic carbocycles. The number of anilines is 2. The maximum atomic E-state index is 13.3. The van der Waals surface area contributed by atoms with Crippen LogP contribution in [0.2, 0.25) is 5.02 Å². The molecule has 2 saturated heterocycles. The molecule has 16 heteroatoms. The summed E-state index contributed by atoms with van der Waals surface area (Å²) in [6.45, 7) is 14.2. The number of pyridine rings is 1. The molecule has 0 bridgehead atoms. The lowest BCUT2D eigenvalue weighted by molar-refractivity contribution is -0.0368. The van der Waals surface area contributed by atoms with Crippen LogP contribution in [0.4, 0.5) is 16.4 Å². The second-order valence-corrected chi connectivity index (χ2v) is 17.7. The number of ether oxygens (including phenoxy) is 2. The molecule has 1 amide bonds. The highest BCUT2D eigenvalue weighted by molar-refractivity contribution is 7.90. The predicted molar refractivity (Wildman–Crippen MR) is 192 cm³/mol. The van der Waals surface area contributed by atoms with Crippen molar-refractivity contribution in [2.75, 3.05) is 29.9 Å². The number of nitrogens with zero attached hydrogens (tertiary/aromatic N) is 8. The van der Waals surface area contributed by atoms with E-state index in [0.717, 1.165) is 63.3 Å². The maximum Gasteiger partial charge on any atom is 0.413 e. The molecule has 7 rings (SSSR count). The van der Waals surface area contributed by atoms with Crippen LogP contribution in [0.1, 0.15) is 91.6 Å². The van der Waals surface area contributed by atoms with E-state index in [0.29, 0.717) is 29.0 Å². The van der Waals surface area contributed by atoms with E-state index in [1.165, 1.54) is 0 Å². The molecule has 1 spiro atoms. The van der Waals surface area contributed by atoms with Gasteiger partial charge in [-0.3, -0.25) is 10.00 Å². The number of hydrogen-bond donors (Lipinski definition) is 2. The number of carbonyl (C=O) groups excluding carboxylic acids is 1. The number of carbonyl (C=O) groups is 1. The third-order valence-electron chi connectivity index (χ3n) is 9.57. The summed E-state index contributed by atoms with van der Waals surface area (Å²) in [4.78, 5) is 29.2. The highest BCUT2D eigenvalue weighted by Crippen LogP contribution is 2.50. The summed E-state index contributed by atoms with van der Waals surface area (Å²) in [6.07, 6.45) is 8.74. The molecule has 2 unspecified atom stereocenters. The molecule has 4 aromatic heterocycles. The Hall–Kier alpha value is -3.50. The maximum absolute atomic E-state index is 13.3. The van der Waals surface area contributed by atoms with E-state index in [-0.39, 0.29) is 33.3 Å². The predicted octanol–water partition coefficient (Wildman–Crippen LogP) is 6.18. The van der Waals surface area contributed by atoms with Crippen molar-refractivity contribution in [3.8, 4) is 11.3 Å². The van der Waals surface area contributed by atoms with Gasteiger partial charge in [0, 0.05) is 61.0 Å². The minimum absolute atomic E-state index is 0.0620. The Morgan fingerprint density at radius 3 is 2.60 bits per heavy atom. The average Bonchev–Trinajstić information content (AvgIpc) is 3.74. The van der Waals surface area contributed by atoms with Gasteiger partial charge in [0.2, 0.25) is 0 Å². The van der Waals surface area contributed by atoms with Gasteiger partial charge in [0.15, 0.2) is 17.7 Å². The molecular weight excluding hydrogens is 680 g/mol. The highest BCUT2D eigenvalue weighted by Gasteiger charge is 2.51. The molecule has 14 nitrogen and oxygen atoms in total. The molecule has 7 heterocycles. The minimum atomic E-state index is -1.23. The number of fused-ring (bicyclic) bond motifs is 2. The topological polar surface area (TPSA) is 160 Å². The fourth-order valence-corrected chi connectivity index (χ4v) is 8.17. The Morgan fingerprint density at radius 1 is 1.12 bits per heavy atom. The van der Waals surface area contributed by atoms with Crippen LogP contribution in [0.3, 0.4) is 0 Å². The summed E-state index contributed by atoms with van der Waals surface area (Å²) in [5.41, 5.74) is 2.53. The van der Waals surface area contributed by atoms with Crippen molar-refractivity contribution < 1.29 is 18.8 Å². The Morgan fingerprint density at radius 2 is 1.90 bits per heavy atom. The van der Waals surface area contributed by atoms with Crippen LogP contribution in [-0.4, -0.2) is 75.2 Å². The number of nitrogens with one attached hydrogen (secondary N) is 2. The van der Waals surface area contributed by atoms with Gasteiger partial charge in [-0.25, -0.2) is 24.4 Å². The zero-order valence-corrected chi connectivity index (χ0v) is 31.0. The number of hydrogen-bond acceptors (Lipinski definition) is 11. The smallest absolute Gasteiger partial charge is 0.413 e. The van der Waals surface area contributed by atoms with Gasteiger partial charge in [-0.1, -0.05) is 11.6 Å². The largest absolute Gasteiger partial charge is 0.598 e. The molecular formula is C34H45ClN10O4S. The van der Waals surface area contributed by atoms with Gasteiger partial charge < -0.3 is 18.9 Å². The van der Waals surface area contributed by atoms with Gasteiger partial charge in [-0.2, -0.15) is 10.2 Å². The van der Waals surface area contributed by atoms with E-state index in [9.17, 15) is 9.35 Å². The van der Waals surface area contributed by atoms with Gasteiger partial charge in [0.25, 0.3) is 0 Å². The molecule has 3 aliphatic rings. The molecule has 2 N–H and O–H groups in total. The fraction of sp³-hybridized carbons (Fsp3) is 0.588. The van der Waals surface area contributed by atoms with E-state index >= 15 is 0 Å². The molecule has 2 fully saturated rings. The third kappa shape index (κ3) is 6.77. The van der Waals surface area contributed by atoms with Gasteiger partial charge in [0.1, 0.15) is 33.4 Å².